The van der Waals surface area contributed by atoms with Crippen LogP contribution < -0.4 is 15.2 Å². The number of nitrogens with two attached hydrogens (primary N) is 1. The molecule has 0 aromatic heterocycles. The molecule has 1 saturated carbocycles. The zero-order chi connectivity index (χ0) is 13.8. The Balaban J connectivity index is 2.28. The third-order valence-electron chi connectivity index (χ3n) is 3.97. The molecule has 0 spiro atoms. The van der Waals surface area contributed by atoms with Crippen LogP contribution in [0.5, 0.6) is 11.5 Å². The lowest BCUT2D eigenvalue weighted by Crippen LogP contribution is -2.25. The minimum atomic E-state index is 0.0345. The Bertz CT molecular complexity index is 459. The van der Waals surface area contributed by atoms with E-state index in [1.807, 2.05) is 0 Å². The molecule has 0 saturated heterocycles. The van der Waals surface area contributed by atoms with Gasteiger partial charge < -0.3 is 15.2 Å². The van der Waals surface area contributed by atoms with E-state index in [4.69, 9.17) is 15.2 Å². The van der Waals surface area contributed by atoms with Crippen molar-refractivity contribution < 1.29 is 14.3 Å². The van der Waals surface area contributed by atoms with Crippen molar-refractivity contribution in [2.45, 2.75) is 19.3 Å². The summed E-state index contributed by atoms with van der Waals surface area (Å²) in [5.74, 6) is 1.75. The van der Waals surface area contributed by atoms with E-state index in [1.165, 1.54) is 0 Å². The number of carbonyl (C=O) groups excluding carboxylic acids is 1. The smallest absolute Gasteiger partial charge is 0.169 e. The maximum Gasteiger partial charge on any atom is 0.169 e. The Kier molecular flexibility index (Phi) is 4.43. The fraction of sp³-hybridized carbons (Fsp3) is 0.533. The zero-order valence-electron chi connectivity index (χ0n) is 11.5. The van der Waals surface area contributed by atoms with Gasteiger partial charge in [0.15, 0.2) is 5.78 Å². The van der Waals surface area contributed by atoms with Gasteiger partial charge in [-0.25, -0.2) is 0 Å². The molecule has 4 heteroatoms. The molecule has 4 nitrogen and oxygen atoms in total. The first-order valence-electron chi connectivity index (χ1n) is 6.67. The highest BCUT2D eigenvalue weighted by Crippen LogP contribution is 2.36. The molecule has 19 heavy (non-hydrogen) atoms. The van der Waals surface area contributed by atoms with E-state index < -0.39 is 0 Å². The van der Waals surface area contributed by atoms with Gasteiger partial charge in [-0.3, -0.25) is 4.79 Å². The fourth-order valence-electron chi connectivity index (χ4n) is 2.87. The lowest BCUT2D eigenvalue weighted by molar-refractivity contribution is 0.0890. The number of rotatable bonds is 5. The summed E-state index contributed by atoms with van der Waals surface area (Å²) in [5, 5.41) is 0. The lowest BCUT2D eigenvalue weighted by atomic mass is 9.88. The Morgan fingerprint density at radius 3 is 2.74 bits per heavy atom. The molecule has 0 amide bonds. The summed E-state index contributed by atoms with van der Waals surface area (Å²) in [6, 6.07) is 5.33. The highest BCUT2D eigenvalue weighted by atomic mass is 16.5. The van der Waals surface area contributed by atoms with Crippen molar-refractivity contribution in [2.75, 3.05) is 20.8 Å². The summed E-state index contributed by atoms with van der Waals surface area (Å²) in [6.45, 7) is 0.578. The van der Waals surface area contributed by atoms with E-state index >= 15 is 0 Å². The Morgan fingerprint density at radius 2 is 2.11 bits per heavy atom. The summed E-state index contributed by atoms with van der Waals surface area (Å²) >= 11 is 0. The van der Waals surface area contributed by atoms with Gasteiger partial charge >= 0.3 is 0 Å². The number of benzene rings is 1. The number of carbonyl (C=O) groups is 1. The number of Topliss-reactive ketones (excluding diaryl/α,β-unsaturated/α-hetero) is 1. The molecule has 2 N–H and O–H groups in total. The normalized spacial score (nSPS) is 22.3. The first-order chi connectivity index (χ1) is 9.21. The molecule has 0 aliphatic heterocycles. The van der Waals surface area contributed by atoms with Crippen LogP contribution in [-0.4, -0.2) is 26.5 Å². The van der Waals surface area contributed by atoms with Crippen LogP contribution in [0.4, 0.5) is 0 Å². The van der Waals surface area contributed by atoms with Crippen molar-refractivity contribution in [1.29, 1.82) is 0 Å². The van der Waals surface area contributed by atoms with E-state index in [9.17, 15) is 4.79 Å². The van der Waals surface area contributed by atoms with Crippen molar-refractivity contribution in [3.05, 3.63) is 23.8 Å². The van der Waals surface area contributed by atoms with Gasteiger partial charge in [0, 0.05) is 12.0 Å². The standard InChI is InChI=1S/C15H21NO3/c1-18-11-6-7-13(14(8-11)19-2)15(17)12-5-3-4-10(12)9-16/h6-8,10,12H,3-5,9,16H2,1-2H3. The molecule has 0 heterocycles. The third-order valence-corrected chi connectivity index (χ3v) is 3.97. The Labute approximate surface area is 113 Å². The first kappa shape index (κ1) is 13.9. The van der Waals surface area contributed by atoms with Crippen LogP contribution in [0.2, 0.25) is 0 Å². The average Bonchev–Trinajstić information content (AvgIpc) is 2.94. The van der Waals surface area contributed by atoms with Gasteiger partial charge in [0.1, 0.15) is 11.5 Å². The lowest BCUT2D eigenvalue weighted by Gasteiger charge is -2.18. The van der Waals surface area contributed by atoms with Gasteiger partial charge in [0.25, 0.3) is 0 Å². The van der Waals surface area contributed by atoms with E-state index in [0.717, 1.165) is 19.3 Å². The van der Waals surface area contributed by atoms with Crippen LogP contribution in [0, 0.1) is 11.8 Å². The van der Waals surface area contributed by atoms with Crippen molar-refractivity contribution in [2.24, 2.45) is 17.6 Å². The summed E-state index contributed by atoms with van der Waals surface area (Å²) in [5.41, 5.74) is 6.39. The van der Waals surface area contributed by atoms with Crippen molar-refractivity contribution in [1.82, 2.24) is 0 Å². The quantitative estimate of drug-likeness (QED) is 0.828. The second-order valence-corrected chi connectivity index (χ2v) is 4.96. The van der Waals surface area contributed by atoms with Crippen LogP contribution in [0.1, 0.15) is 29.6 Å². The maximum absolute atomic E-state index is 12.6. The second-order valence-electron chi connectivity index (χ2n) is 4.96. The first-order valence-corrected chi connectivity index (χ1v) is 6.67. The monoisotopic (exact) mass is 263 g/mol. The van der Waals surface area contributed by atoms with E-state index in [-0.39, 0.29) is 11.7 Å². The highest BCUT2D eigenvalue weighted by molar-refractivity contribution is 6.00. The van der Waals surface area contributed by atoms with E-state index in [2.05, 4.69) is 0 Å². The molecule has 104 valence electrons. The van der Waals surface area contributed by atoms with E-state index in [0.29, 0.717) is 29.5 Å². The van der Waals surface area contributed by atoms with Gasteiger partial charge in [-0.2, -0.15) is 0 Å². The number of ketones is 1. The summed E-state index contributed by atoms with van der Waals surface area (Å²) in [4.78, 5) is 12.6. The van der Waals surface area contributed by atoms with Crippen molar-refractivity contribution in [3.63, 3.8) is 0 Å². The van der Waals surface area contributed by atoms with Gasteiger partial charge in [0.2, 0.25) is 0 Å². The predicted molar refractivity (Wildman–Crippen MR) is 73.8 cm³/mol. The molecule has 0 bridgehead atoms. The summed E-state index contributed by atoms with van der Waals surface area (Å²) in [7, 11) is 3.16. The van der Waals surface area contributed by atoms with Gasteiger partial charge in [0.05, 0.1) is 19.8 Å². The van der Waals surface area contributed by atoms with Crippen LogP contribution in [0.25, 0.3) is 0 Å². The Morgan fingerprint density at radius 1 is 1.32 bits per heavy atom. The summed E-state index contributed by atoms with van der Waals surface area (Å²) in [6.07, 6.45) is 3.05. The third kappa shape index (κ3) is 2.73. The molecule has 1 aliphatic rings. The topological polar surface area (TPSA) is 61.5 Å². The van der Waals surface area contributed by atoms with Crippen LogP contribution >= 0.6 is 0 Å². The molecule has 0 radical (unpaired) electrons. The maximum atomic E-state index is 12.6. The molecule has 1 aliphatic carbocycles. The molecule has 1 aromatic carbocycles. The number of ether oxygens (including phenoxy) is 2. The summed E-state index contributed by atoms with van der Waals surface area (Å²) < 4.78 is 10.5. The highest BCUT2D eigenvalue weighted by Gasteiger charge is 2.33. The second kappa shape index (κ2) is 6.06. The molecular weight excluding hydrogens is 242 g/mol. The number of hydrogen-bond acceptors (Lipinski definition) is 4. The minimum absolute atomic E-state index is 0.0345. The zero-order valence-corrected chi connectivity index (χ0v) is 11.5. The molecule has 2 rings (SSSR count). The van der Waals surface area contributed by atoms with Crippen LogP contribution in [-0.2, 0) is 0 Å². The Hall–Kier alpha value is -1.55. The fourth-order valence-corrected chi connectivity index (χ4v) is 2.87. The largest absolute Gasteiger partial charge is 0.497 e. The molecule has 2 atom stereocenters. The van der Waals surface area contributed by atoms with Crippen LogP contribution in [0.15, 0.2) is 18.2 Å². The predicted octanol–water partition coefficient (Wildman–Crippen LogP) is 2.26. The van der Waals surface area contributed by atoms with Crippen molar-refractivity contribution in [3.8, 4) is 11.5 Å². The van der Waals surface area contributed by atoms with Gasteiger partial charge in [-0.15, -0.1) is 0 Å². The van der Waals surface area contributed by atoms with Crippen molar-refractivity contribution >= 4 is 5.78 Å². The SMILES string of the molecule is COc1ccc(C(=O)C2CCCC2CN)c(OC)c1. The molecule has 2 unspecified atom stereocenters. The van der Waals surface area contributed by atoms with Gasteiger partial charge in [-0.05, 0) is 37.4 Å². The number of hydrogen-bond donors (Lipinski definition) is 1. The molecule has 1 fully saturated rings. The van der Waals surface area contributed by atoms with Crippen LogP contribution in [0.3, 0.4) is 0 Å². The number of methoxy groups -OCH3 is 2. The van der Waals surface area contributed by atoms with Gasteiger partial charge in [-0.1, -0.05) is 6.42 Å². The van der Waals surface area contributed by atoms with E-state index in [1.54, 1.807) is 32.4 Å². The molecule has 1 aromatic rings. The average molecular weight is 263 g/mol. The minimum Gasteiger partial charge on any atom is -0.497 e. The molecular formula is C15H21NO3.